The van der Waals surface area contributed by atoms with E-state index in [1.807, 2.05) is 0 Å². The van der Waals surface area contributed by atoms with Crippen LogP contribution in [-0.4, -0.2) is 23.2 Å². The normalized spacial score (nSPS) is 34.8. The molecule has 0 radical (unpaired) electrons. The maximum Gasteiger partial charge on any atom is 0.220 e. The Balaban J connectivity index is 2.48. The molecule has 2 N–H and O–H groups in total. The molecule has 1 heterocycles. The van der Waals surface area contributed by atoms with Crippen molar-refractivity contribution < 1.29 is 9.90 Å². The Labute approximate surface area is 60.4 Å². The maximum absolute atomic E-state index is 10.7. The molecule has 58 valence electrons. The molecule has 0 spiro atoms. The smallest absolute Gasteiger partial charge is 0.220 e. The summed E-state index contributed by atoms with van der Waals surface area (Å²) in [4.78, 5) is 10.7. The van der Waals surface area contributed by atoms with E-state index in [-0.39, 0.29) is 5.91 Å². The van der Waals surface area contributed by atoms with Crippen molar-refractivity contribution in [2.24, 2.45) is 0 Å². The molecule has 1 unspecified atom stereocenters. The van der Waals surface area contributed by atoms with Gasteiger partial charge in [-0.05, 0) is 19.8 Å². The van der Waals surface area contributed by atoms with Gasteiger partial charge in [-0.1, -0.05) is 0 Å². The molecule has 3 nitrogen and oxygen atoms in total. The highest BCUT2D eigenvalue weighted by Gasteiger charge is 2.24. The van der Waals surface area contributed by atoms with E-state index in [4.69, 9.17) is 0 Å². The number of carbonyl (C=O) groups excluding carboxylic acids is 1. The molecule has 0 aromatic heterocycles. The number of hydrogen-bond donors (Lipinski definition) is 2. The second kappa shape index (κ2) is 2.58. The first kappa shape index (κ1) is 7.54. The summed E-state index contributed by atoms with van der Waals surface area (Å²) in [5, 5.41) is 12.2. The molecular formula is C7H13NO2. The van der Waals surface area contributed by atoms with Crippen molar-refractivity contribution in [3.63, 3.8) is 0 Å². The lowest BCUT2D eigenvalue weighted by atomic mass is 9.98. The van der Waals surface area contributed by atoms with Crippen LogP contribution in [0.3, 0.4) is 0 Å². The molecule has 1 saturated heterocycles. The minimum Gasteiger partial charge on any atom is -0.390 e. The minimum absolute atomic E-state index is 0.0535. The van der Waals surface area contributed by atoms with E-state index >= 15 is 0 Å². The van der Waals surface area contributed by atoms with Gasteiger partial charge in [0.2, 0.25) is 5.91 Å². The predicted octanol–water partition coefficient (Wildman–Crippen LogP) is 0.0375. The van der Waals surface area contributed by atoms with Gasteiger partial charge in [-0.2, -0.15) is 0 Å². The summed E-state index contributed by atoms with van der Waals surface area (Å²) in [6.07, 6.45) is 1.70. The molecule has 0 saturated carbocycles. The number of hydrogen-bond acceptors (Lipinski definition) is 2. The van der Waals surface area contributed by atoms with Crippen LogP contribution in [-0.2, 0) is 4.79 Å². The van der Waals surface area contributed by atoms with Crippen LogP contribution in [0.25, 0.3) is 0 Å². The van der Waals surface area contributed by atoms with E-state index < -0.39 is 5.60 Å². The summed E-state index contributed by atoms with van der Waals surface area (Å²) < 4.78 is 0. The molecule has 10 heavy (non-hydrogen) atoms. The van der Waals surface area contributed by atoms with Gasteiger partial charge in [-0.25, -0.2) is 0 Å². The molecule has 0 aromatic rings. The van der Waals surface area contributed by atoms with Crippen molar-refractivity contribution in [2.45, 2.75) is 31.8 Å². The summed E-state index contributed by atoms with van der Waals surface area (Å²) in [6.45, 7) is 2.37. The van der Waals surface area contributed by atoms with Crippen molar-refractivity contribution in [1.82, 2.24) is 5.32 Å². The van der Waals surface area contributed by atoms with Gasteiger partial charge in [0.15, 0.2) is 0 Å². The van der Waals surface area contributed by atoms with Gasteiger partial charge < -0.3 is 10.4 Å². The van der Waals surface area contributed by atoms with Gasteiger partial charge in [0.1, 0.15) is 0 Å². The minimum atomic E-state index is -0.640. The fourth-order valence-electron chi connectivity index (χ4n) is 1.07. The topological polar surface area (TPSA) is 49.3 Å². The third-order valence-corrected chi connectivity index (χ3v) is 1.88. The number of aliphatic hydroxyl groups is 1. The van der Waals surface area contributed by atoms with Gasteiger partial charge in [0, 0.05) is 13.0 Å². The number of carbonyl (C=O) groups is 1. The summed E-state index contributed by atoms with van der Waals surface area (Å²) >= 11 is 0. The Morgan fingerprint density at radius 2 is 2.30 bits per heavy atom. The molecule has 1 atom stereocenters. The molecule has 3 heteroatoms. The zero-order valence-electron chi connectivity index (χ0n) is 6.18. The average molecular weight is 143 g/mol. The Bertz CT molecular complexity index is 143. The lowest BCUT2D eigenvalue weighted by Crippen LogP contribution is -2.25. The van der Waals surface area contributed by atoms with Gasteiger partial charge >= 0.3 is 0 Å². The molecular weight excluding hydrogens is 130 g/mol. The first-order valence-electron chi connectivity index (χ1n) is 3.59. The second-order valence-electron chi connectivity index (χ2n) is 3.10. The first-order valence-corrected chi connectivity index (χ1v) is 3.59. The summed E-state index contributed by atoms with van der Waals surface area (Å²) in [5.74, 6) is 0.0535. The Hall–Kier alpha value is -0.570. The standard InChI is InChI=1S/C7H13NO2/c1-7(10)3-2-6(9)8-5-4-7/h10H,2-5H2,1H3,(H,8,9). The van der Waals surface area contributed by atoms with Crippen LogP contribution < -0.4 is 5.32 Å². The molecule has 1 aliphatic heterocycles. The van der Waals surface area contributed by atoms with Crippen LogP contribution in [0.1, 0.15) is 26.2 Å². The van der Waals surface area contributed by atoms with E-state index in [9.17, 15) is 9.90 Å². The molecule has 1 fully saturated rings. The molecule has 0 aliphatic carbocycles. The highest BCUT2D eigenvalue weighted by Crippen LogP contribution is 2.17. The SMILES string of the molecule is CC1(O)CCNC(=O)CC1. The highest BCUT2D eigenvalue weighted by atomic mass is 16.3. The largest absolute Gasteiger partial charge is 0.390 e. The van der Waals surface area contributed by atoms with Crippen LogP contribution in [0.15, 0.2) is 0 Å². The van der Waals surface area contributed by atoms with Crippen molar-refractivity contribution >= 4 is 5.91 Å². The zero-order chi connectivity index (χ0) is 7.61. The van der Waals surface area contributed by atoms with Gasteiger partial charge in [0.05, 0.1) is 5.60 Å². The van der Waals surface area contributed by atoms with Crippen LogP contribution in [0.4, 0.5) is 0 Å². The summed E-state index contributed by atoms with van der Waals surface area (Å²) in [6, 6.07) is 0. The van der Waals surface area contributed by atoms with Crippen LogP contribution >= 0.6 is 0 Å². The number of rotatable bonds is 0. The second-order valence-corrected chi connectivity index (χ2v) is 3.10. The Morgan fingerprint density at radius 1 is 1.60 bits per heavy atom. The van der Waals surface area contributed by atoms with E-state index in [1.54, 1.807) is 6.92 Å². The third-order valence-electron chi connectivity index (χ3n) is 1.88. The first-order chi connectivity index (χ1) is 4.60. The van der Waals surface area contributed by atoms with Crippen molar-refractivity contribution in [1.29, 1.82) is 0 Å². The van der Waals surface area contributed by atoms with Crippen LogP contribution in [0, 0.1) is 0 Å². The molecule has 1 rings (SSSR count). The van der Waals surface area contributed by atoms with E-state index in [0.717, 1.165) is 0 Å². The van der Waals surface area contributed by atoms with Gasteiger partial charge in [0.25, 0.3) is 0 Å². The van der Waals surface area contributed by atoms with E-state index in [0.29, 0.717) is 25.8 Å². The monoisotopic (exact) mass is 143 g/mol. The molecule has 0 aromatic carbocycles. The molecule has 1 aliphatic rings. The number of nitrogens with one attached hydrogen (secondary N) is 1. The lowest BCUT2D eigenvalue weighted by Gasteiger charge is -2.18. The summed E-state index contributed by atoms with van der Waals surface area (Å²) in [7, 11) is 0. The maximum atomic E-state index is 10.7. The molecule has 0 bridgehead atoms. The highest BCUT2D eigenvalue weighted by molar-refractivity contribution is 5.76. The predicted molar refractivity (Wildman–Crippen MR) is 37.5 cm³/mol. The van der Waals surface area contributed by atoms with Crippen LogP contribution in [0.2, 0.25) is 0 Å². The van der Waals surface area contributed by atoms with E-state index in [2.05, 4.69) is 5.32 Å². The van der Waals surface area contributed by atoms with Crippen LogP contribution in [0.5, 0.6) is 0 Å². The molecule has 1 amide bonds. The lowest BCUT2D eigenvalue weighted by molar-refractivity contribution is -0.121. The van der Waals surface area contributed by atoms with E-state index in [1.165, 1.54) is 0 Å². The van der Waals surface area contributed by atoms with Gasteiger partial charge in [-0.15, -0.1) is 0 Å². The van der Waals surface area contributed by atoms with Crippen molar-refractivity contribution in [2.75, 3.05) is 6.54 Å². The zero-order valence-corrected chi connectivity index (χ0v) is 6.18. The number of amides is 1. The Kier molecular flexibility index (Phi) is 1.94. The quantitative estimate of drug-likeness (QED) is 0.503. The average Bonchev–Trinajstić information content (AvgIpc) is 1.94. The third kappa shape index (κ3) is 1.99. The van der Waals surface area contributed by atoms with Gasteiger partial charge in [-0.3, -0.25) is 4.79 Å². The van der Waals surface area contributed by atoms with Crippen molar-refractivity contribution in [3.8, 4) is 0 Å². The summed E-state index contributed by atoms with van der Waals surface area (Å²) in [5.41, 5.74) is -0.640. The Morgan fingerprint density at radius 3 is 3.00 bits per heavy atom. The fraction of sp³-hybridized carbons (Fsp3) is 0.857. The van der Waals surface area contributed by atoms with Crippen molar-refractivity contribution in [3.05, 3.63) is 0 Å². The fourth-order valence-corrected chi connectivity index (χ4v) is 1.07.